The lowest BCUT2D eigenvalue weighted by Gasteiger charge is -2.40. The Morgan fingerprint density at radius 3 is 2.60 bits per heavy atom. The van der Waals surface area contributed by atoms with E-state index in [-0.39, 0.29) is 0 Å². The van der Waals surface area contributed by atoms with E-state index < -0.39 is 0 Å². The zero-order valence-corrected chi connectivity index (χ0v) is 10.0. The summed E-state index contributed by atoms with van der Waals surface area (Å²) in [5.41, 5.74) is 1.39. The summed E-state index contributed by atoms with van der Waals surface area (Å²) >= 11 is 5.85. The first-order chi connectivity index (χ1) is 7.29. The highest BCUT2D eigenvalue weighted by molar-refractivity contribution is 6.30. The normalized spacial score (nSPS) is 21.3. The molecular formula is C13H18ClN. The van der Waals surface area contributed by atoms with Gasteiger partial charge >= 0.3 is 0 Å². The molecule has 1 aliphatic heterocycles. The Hall–Kier alpha value is -0.530. The third kappa shape index (κ3) is 2.73. The first kappa shape index (κ1) is 11.0. The summed E-state index contributed by atoms with van der Waals surface area (Å²) in [6.07, 6.45) is 3.82. The summed E-state index contributed by atoms with van der Waals surface area (Å²) in [5, 5.41) is 0.828. The highest BCUT2D eigenvalue weighted by Crippen LogP contribution is 2.20. The summed E-state index contributed by atoms with van der Waals surface area (Å²) in [6.45, 7) is 4.76. The Morgan fingerprint density at radius 2 is 2.07 bits per heavy atom. The second-order valence-corrected chi connectivity index (χ2v) is 4.70. The zero-order chi connectivity index (χ0) is 10.7. The first-order valence-electron chi connectivity index (χ1n) is 5.78. The molecule has 1 atom stereocenters. The molecule has 2 rings (SSSR count). The molecule has 0 saturated carbocycles. The van der Waals surface area contributed by atoms with Crippen molar-refractivity contribution in [1.29, 1.82) is 0 Å². The number of likely N-dealkylation sites (tertiary alicyclic amines) is 1. The van der Waals surface area contributed by atoms with Gasteiger partial charge in [0.25, 0.3) is 0 Å². The molecule has 0 bridgehead atoms. The molecule has 15 heavy (non-hydrogen) atoms. The van der Waals surface area contributed by atoms with Crippen LogP contribution in [0.2, 0.25) is 5.02 Å². The van der Waals surface area contributed by atoms with Crippen LogP contribution < -0.4 is 0 Å². The fourth-order valence-corrected chi connectivity index (χ4v) is 2.30. The van der Waals surface area contributed by atoms with Gasteiger partial charge < -0.3 is 0 Å². The molecule has 0 amide bonds. The largest absolute Gasteiger partial charge is 0.300 e. The molecule has 0 aliphatic carbocycles. The van der Waals surface area contributed by atoms with Crippen molar-refractivity contribution in [1.82, 2.24) is 4.90 Å². The van der Waals surface area contributed by atoms with Crippen LogP contribution in [0.3, 0.4) is 0 Å². The molecule has 0 spiro atoms. The monoisotopic (exact) mass is 223 g/mol. The maximum Gasteiger partial charge on any atom is 0.0406 e. The van der Waals surface area contributed by atoms with Crippen LogP contribution in [0.25, 0.3) is 0 Å². The Morgan fingerprint density at radius 1 is 1.33 bits per heavy atom. The summed E-state index contributed by atoms with van der Waals surface area (Å²) in [7, 11) is 0. The second-order valence-electron chi connectivity index (χ2n) is 4.26. The summed E-state index contributed by atoms with van der Waals surface area (Å²) in [5.74, 6) is 0. The molecular weight excluding hydrogens is 206 g/mol. The summed E-state index contributed by atoms with van der Waals surface area (Å²) in [4.78, 5) is 2.58. The van der Waals surface area contributed by atoms with Crippen molar-refractivity contribution >= 4 is 11.6 Å². The van der Waals surface area contributed by atoms with Crippen molar-refractivity contribution in [3.63, 3.8) is 0 Å². The third-order valence-electron chi connectivity index (χ3n) is 3.34. The first-order valence-corrected chi connectivity index (χ1v) is 6.16. The van der Waals surface area contributed by atoms with Gasteiger partial charge in [0.2, 0.25) is 0 Å². The maximum absolute atomic E-state index is 5.85. The van der Waals surface area contributed by atoms with Crippen LogP contribution in [0, 0.1) is 0 Å². The fraction of sp³-hybridized carbons (Fsp3) is 0.538. The number of hydrogen-bond donors (Lipinski definition) is 0. The van der Waals surface area contributed by atoms with E-state index >= 15 is 0 Å². The third-order valence-corrected chi connectivity index (χ3v) is 3.59. The molecule has 1 unspecified atom stereocenters. The van der Waals surface area contributed by atoms with Gasteiger partial charge in [0.15, 0.2) is 0 Å². The smallest absolute Gasteiger partial charge is 0.0406 e. The molecule has 1 aromatic carbocycles. The van der Waals surface area contributed by atoms with E-state index in [1.165, 1.54) is 31.5 Å². The predicted octanol–water partition coefficient (Wildman–Crippen LogP) is 3.37. The predicted molar refractivity (Wildman–Crippen MR) is 65.4 cm³/mol. The average molecular weight is 224 g/mol. The average Bonchev–Trinajstić information content (AvgIpc) is 2.20. The quantitative estimate of drug-likeness (QED) is 0.757. The van der Waals surface area contributed by atoms with Crippen molar-refractivity contribution in [2.45, 2.75) is 32.2 Å². The van der Waals surface area contributed by atoms with E-state index in [9.17, 15) is 0 Å². The lowest BCUT2D eigenvalue weighted by atomic mass is 9.99. The second kappa shape index (κ2) is 5.00. The molecule has 1 aliphatic rings. The molecule has 1 nitrogen and oxygen atoms in total. The van der Waals surface area contributed by atoms with Crippen LogP contribution in [0.4, 0.5) is 0 Å². The minimum absolute atomic E-state index is 0.828. The molecule has 1 fully saturated rings. The fourth-order valence-electron chi connectivity index (χ4n) is 2.17. The molecule has 1 saturated heterocycles. The van der Waals surface area contributed by atoms with Crippen LogP contribution in [0.15, 0.2) is 24.3 Å². The molecule has 0 N–H and O–H groups in total. The van der Waals surface area contributed by atoms with Crippen molar-refractivity contribution in [2.75, 3.05) is 13.1 Å². The van der Waals surface area contributed by atoms with Crippen LogP contribution in [-0.2, 0) is 6.42 Å². The number of nitrogens with zero attached hydrogens (tertiary/aromatic N) is 1. The van der Waals surface area contributed by atoms with Crippen LogP contribution >= 0.6 is 11.6 Å². The van der Waals surface area contributed by atoms with Crippen molar-refractivity contribution in [3.8, 4) is 0 Å². The highest BCUT2D eigenvalue weighted by atomic mass is 35.5. The minimum Gasteiger partial charge on any atom is -0.300 e. The molecule has 0 aromatic heterocycles. The van der Waals surface area contributed by atoms with Gasteiger partial charge in [0.1, 0.15) is 0 Å². The Bertz CT molecular complexity index is 305. The van der Waals surface area contributed by atoms with Crippen LogP contribution in [0.5, 0.6) is 0 Å². The van der Waals surface area contributed by atoms with Gasteiger partial charge in [0.05, 0.1) is 0 Å². The van der Waals surface area contributed by atoms with Crippen LogP contribution in [-0.4, -0.2) is 24.0 Å². The molecule has 82 valence electrons. The lowest BCUT2D eigenvalue weighted by molar-refractivity contribution is 0.0893. The number of hydrogen-bond acceptors (Lipinski definition) is 1. The van der Waals surface area contributed by atoms with Gasteiger partial charge in [0, 0.05) is 17.6 Å². The number of benzene rings is 1. The van der Waals surface area contributed by atoms with Gasteiger partial charge in [-0.25, -0.2) is 0 Å². The van der Waals surface area contributed by atoms with Gasteiger partial charge in [-0.05, 0) is 43.5 Å². The lowest BCUT2D eigenvalue weighted by Crippen LogP contribution is -2.47. The number of rotatable bonds is 4. The molecule has 1 heterocycles. The maximum atomic E-state index is 5.85. The van der Waals surface area contributed by atoms with Crippen molar-refractivity contribution in [3.05, 3.63) is 34.9 Å². The van der Waals surface area contributed by atoms with Crippen LogP contribution in [0.1, 0.15) is 25.3 Å². The molecule has 2 heteroatoms. The number of halogens is 1. The van der Waals surface area contributed by atoms with E-state index in [1.807, 2.05) is 12.1 Å². The van der Waals surface area contributed by atoms with Gasteiger partial charge in [-0.1, -0.05) is 30.7 Å². The Balaban J connectivity index is 1.80. The highest BCUT2D eigenvalue weighted by Gasteiger charge is 2.24. The SMILES string of the molecule is CCC1CCN1CCc1ccc(Cl)cc1. The van der Waals surface area contributed by atoms with E-state index in [0.717, 1.165) is 17.5 Å². The van der Waals surface area contributed by atoms with Gasteiger partial charge in [-0.15, -0.1) is 0 Å². The van der Waals surface area contributed by atoms with E-state index in [2.05, 4.69) is 24.0 Å². The topological polar surface area (TPSA) is 3.24 Å². The zero-order valence-electron chi connectivity index (χ0n) is 9.25. The Kier molecular flexibility index (Phi) is 3.66. The van der Waals surface area contributed by atoms with Crippen molar-refractivity contribution < 1.29 is 0 Å². The Labute approximate surface area is 97.0 Å². The van der Waals surface area contributed by atoms with Gasteiger partial charge in [-0.3, -0.25) is 4.90 Å². The minimum atomic E-state index is 0.828. The van der Waals surface area contributed by atoms with E-state index in [1.54, 1.807) is 0 Å². The van der Waals surface area contributed by atoms with Crippen molar-refractivity contribution in [2.24, 2.45) is 0 Å². The molecule has 0 radical (unpaired) electrons. The van der Waals surface area contributed by atoms with Gasteiger partial charge in [-0.2, -0.15) is 0 Å². The standard InChI is InChI=1S/C13H18ClN/c1-2-13-8-10-15(13)9-7-11-3-5-12(14)6-4-11/h3-6,13H,2,7-10H2,1H3. The summed E-state index contributed by atoms with van der Waals surface area (Å²) in [6, 6.07) is 9.05. The van der Waals surface area contributed by atoms with E-state index in [0.29, 0.717) is 0 Å². The summed E-state index contributed by atoms with van der Waals surface area (Å²) < 4.78 is 0. The van der Waals surface area contributed by atoms with E-state index in [4.69, 9.17) is 11.6 Å². The molecule has 1 aromatic rings.